The van der Waals surface area contributed by atoms with Crippen molar-refractivity contribution in [3.05, 3.63) is 0 Å². The van der Waals surface area contributed by atoms with Crippen molar-refractivity contribution >= 4 is 5.97 Å². The Morgan fingerprint density at radius 2 is 2.06 bits per heavy atom. The normalized spacial score (nSPS) is 26.8. The largest absolute Gasteiger partial charge is 0.469 e. The molecule has 0 amide bonds. The van der Waals surface area contributed by atoms with Crippen LogP contribution in [0, 0.1) is 17.2 Å². The van der Waals surface area contributed by atoms with E-state index in [0.717, 1.165) is 25.7 Å². The fourth-order valence-corrected chi connectivity index (χ4v) is 2.05. The lowest BCUT2D eigenvalue weighted by atomic mass is 9.87. The summed E-state index contributed by atoms with van der Waals surface area (Å²) in [5.41, 5.74) is 0. The molecule has 0 N–H and O–H groups in total. The van der Waals surface area contributed by atoms with Gasteiger partial charge in [-0.05, 0) is 32.1 Å². The van der Waals surface area contributed by atoms with Crippen LogP contribution in [0.15, 0.2) is 0 Å². The summed E-state index contributed by atoms with van der Waals surface area (Å²) in [6.45, 7) is 1.94. The summed E-state index contributed by atoms with van der Waals surface area (Å²) >= 11 is 0. The highest BCUT2D eigenvalue weighted by atomic mass is 16.5. The van der Waals surface area contributed by atoms with Gasteiger partial charge in [-0.25, -0.2) is 0 Å². The van der Waals surface area contributed by atoms with Crippen LogP contribution in [-0.2, 0) is 14.3 Å². The van der Waals surface area contributed by atoms with Gasteiger partial charge in [0, 0.05) is 0 Å². The second-order valence-corrected chi connectivity index (χ2v) is 4.16. The van der Waals surface area contributed by atoms with Crippen LogP contribution in [0.2, 0.25) is 0 Å². The molecule has 4 nitrogen and oxygen atoms in total. The number of carbonyl (C=O) groups excluding carboxylic acids is 1. The second-order valence-electron chi connectivity index (χ2n) is 4.16. The van der Waals surface area contributed by atoms with E-state index < -0.39 is 0 Å². The molecular formula is C12H19NO3. The van der Waals surface area contributed by atoms with Gasteiger partial charge in [-0.3, -0.25) is 4.79 Å². The van der Waals surface area contributed by atoms with Gasteiger partial charge in [-0.15, -0.1) is 0 Å². The van der Waals surface area contributed by atoms with E-state index in [9.17, 15) is 4.79 Å². The zero-order valence-electron chi connectivity index (χ0n) is 9.94. The third-order valence-corrected chi connectivity index (χ3v) is 3.08. The standard InChI is InChI=1S/C12H19NO3/c1-3-10(8-13)16-11-6-4-9(5-7-11)12(14)15-2/h9-11H,3-7H2,1-2H3. The van der Waals surface area contributed by atoms with E-state index in [2.05, 4.69) is 6.07 Å². The van der Waals surface area contributed by atoms with Crippen LogP contribution in [-0.4, -0.2) is 25.3 Å². The van der Waals surface area contributed by atoms with Gasteiger partial charge in [0.1, 0.15) is 6.10 Å². The first-order chi connectivity index (χ1) is 7.71. The number of hydrogen-bond donors (Lipinski definition) is 0. The predicted octanol–water partition coefficient (Wildman–Crippen LogP) is 2.04. The average molecular weight is 225 g/mol. The number of nitriles is 1. The lowest BCUT2D eigenvalue weighted by Gasteiger charge is -2.28. The molecular weight excluding hydrogens is 206 g/mol. The Hall–Kier alpha value is -1.08. The molecule has 1 rings (SSSR count). The molecule has 1 aliphatic rings. The maximum absolute atomic E-state index is 11.3. The SMILES string of the molecule is CCC(C#N)OC1CCC(C(=O)OC)CC1. The van der Waals surface area contributed by atoms with Crippen LogP contribution in [0.1, 0.15) is 39.0 Å². The Kier molecular flexibility index (Phi) is 5.27. The van der Waals surface area contributed by atoms with Crippen molar-refractivity contribution in [2.45, 2.75) is 51.2 Å². The number of esters is 1. The molecule has 16 heavy (non-hydrogen) atoms. The molecule has 4 heteroatoms. The van der Waals surface area contributed by atoms with Gasteiger partial charge in [-0.1, -0.05) is 6.92 Å². The number of rotatable bonds is 4. The summed E-state index contributed by atoms with van der Waals surface area (Å²) in [7, 11) is 1.42. The molecule has 1 saturated carbocycles. The number of ether oxygens (including phenoxy) is 2. The molecule has 0 bridgehead atoms. The Bertz CT molecular complexity index is 264. The van der Waals surface area contributed by atoms with Gasteiger partial charge in [0.25, 0.3) is 0 Å². The first kappa shape index (κ1) is 13.0. The Morgan fingerprint density at radius 3 is 2.50 bits per heavy atom. The summed E-state index contributed by atoms with van der Waals surface area (Å²) in [5, 5.41) is 8.79. The second kappa shape index (κ2) is 6.49. The van der Waals surface area contributed by atoms with Crippen LogP contribution in [0.25, 0.3) is 0 Å². The quantitative estimate of drug-likeness (QED) is 0.687. The molecule has 0 aromatic rings. The monoisotopic (exact) mass is 225 g/mol. The van der Waals surface area contributed by atoms with E-state index in [-0.39, 0.29) is 24.1 Å². The van der Waals surface area contributed by atoms with Crippen LogP contribution in [0.3, 0.4) is 0 Å². The van der Waals surface area contributed by atoms with Crippen molar-refractivity contribution in [3.63, 3.8) is 0 Å². The van der Waals surface area contributed by atoms with Crippen LogP contribution < -0.4 is 0 Å². The zero-order valence-corrected chi connectivity index (χ0v) is 9.94. The average Bonchev–Trinajstić information content (AvgIpc) is 2.35. The molecule has 0 heterocycles. The van der Waals surface area contributed by atoms with E-state index >= 15 is 0 Å². The van der Waals surface area contributed by atoms with Crippen LogP contribution >= 0.6 is 0 Å². The molecule has 0 radical (unpaired) electrons. The van der Waals surface area contributed by atoms with Crippen molar-refractivity contribution in [2.24, 2.45) is 5.92 Å². The van der Waals surface area contributed by atoms with Gasteiger partial charge in [0.2, 0.25) is 0 Å². The molecule has 0 spiro atoms. The van der Waals surface area contributed by atoms with Gasteiger partial charge in [0.05, 0.1) is 25.2 Å². The number of methoxy groups -OCH3 is 1. The third-order valence-electron chi connectivity index (χ3n) is 3.08. The highest BCUT2D eigenvalue weighted by Crippen LogP contribution is 2.27. The molecule has 1 unspecified atom stereocenters. The maximum atomic E-state index is 11.3. The number of hydrogen-bond acceptors (Lipinski definition) is 4. The number of nitrogens with zero attached hydrogens (tertiary/aromatic N) is 1. The fourth-order valence-electron chi connectivity index (χ4n) is 2.05. The molecule has 0 aliphatic heterocycles. The lowest BCUT2D eigenvalue weighted by Crippen LogP contribution is -2.29. The van der Waals surface area contributed by atoms with E-state index in [1.807, 2.05) is 6.92 Å². The maximum Gasteiger partial charge on any atom is 0.308 e. The Balaban J connectivity index is 2.32. The minimum atomic E-state index is -0.306. The van der Waals surface area contributed by atoms with Gasteiger partial charge < -0.3 is 9.47 Å². The van der Waals surface area contributed by atoms with E-state index in [1.165, 1.54) is 7.11 Å². The molecule has 0 aromatic carbocycles. The molecule has 1 fully saturated rings. The first-order valence-corrected chi connectivity index (χ1v) is 5.84. The van der Waals surface area contributed by atoms with Gasteiger partial charge in [-0.2, -0.15) is 5.26 Å². The lowest BCUT2D eigenvalue weighted by molar-refractivity contribution is -0.147. The summed E-state index contributed by atoms with van der Waals surface area (Å²) in [4.78, 5) is 11.3. The highest BCUT2D eigenvalue weighted by Gasteiger charge is 2.28. The summed E-state index contributed by atoms with van der Waals surface area (Å²) < 4.78 is 10.4. The topological polar surface area (TPSA) is 59.3 Å². The van der Waals surface area contributed by atoms with E-state index in [1.54, 1.807) is 0 Å². The van der Waals surface area contributed by atoms with E-state index in [4.69, 9.17) is 14.7 Å². The van der Waals surface area contributed by atoms with Crippen molar-refractivity contribution in [3.8, 4) is 6.07 Å². The Morgan fingerprint density at radius 1 is 1.44 bits per heavy atom. The Labute approximate surface area is 96.5 Å². The first-order valence-electron chi connectivity index (χ1n) is 5.84. The van der Waals surface area contributed by atoms with E-state index in [0.29, 0.717) is 6.42 Å². The predicted molar refractivity (Wildman–Crippen MR) is 58.5 cm³/mol. The summed E-state index contributed by atoms with van der Waals surface area (Å²) in [6, 6.07) is 2.13. The molecule has 1 atom stereocenters. The van der Waals surface area contributed by atoms with Crippen molar-refractivity contribution in [1.82, 2.24) is 0 Å². The third kappa shape index (κ3) is 3.49. The van der Waals surface area contributed by atoms with Crippen molar-refractivity contribution < 1.29 is 14.3 Å². The molecule has 1 aliphatic carbocycles. The minimum absolute atomic E-state index is 0.0204. The van der Waals surface area contributed by atoms with Crippen molar-refractivity contribution in [1.29, 1.82) is 5.26 Å². The smallest absolute Gasteiger partial charge is 0.308 e. The van der Waals surface area contributed by atoms with Gasteiger partial charge >= 0.3 is 5.97 Å². The van der Waals surface area contributed by atoms with Crippen LogP contribution in [0.4, 0.5) is 0 Å². The van der Waals surface area contributed by atoms with Gasteiger partial charge in [0.15, 0.2) is 0 Å². The molecule has 90 valence electrons. The van der Waals surface area contributed by atoms with Crippen LogP contribution in [0.5, 0.6) is 0 Å². The molecule has 0 aromatic heterocycles. The zero-order chi connectivity index (χ0) is 12.0. The highest BCUT2D eigenvalue weighted by molar-refractivity contribution is 5.72. The van der Waals surface area contributed by atoms with Crippen molar-refractivity contribution in [2.75, 3.05) is 7.11 Å². The number of carbonyl (C=O) groups is 1. The molecule has 0 saturated heterocycles. The minimum Gasteiger partial charge on any atom is -0.469 e. The summed E-state index contributed by atoms with van der Waals surface area (Å²) in [5.74, 6) is -0.0993. The summed E-state index contributed by atoms with van der Waals surface area (Å²) in [6.07, 6.45) is 3.84. The fraction of sp³-hybridized carbons (Fsp3) is 0.833.